The summed E-state index contributed by atoms with van der Waals surface area (Å²) < 4.78 is 38.2. The van der Waals surface area contributed by atoms with Gasteiger partial charge in [-0.3, -0.25) is 9.05 Å². The number of unbranched alkanes of at least 4 members (excludes halogenated alkanes) is 14. The summed E-state index contributed by atoms with van der Waals surface area (Å²) in [4.78, 5) is 18.0. The molecule has 0 heterocycles. The van der Waals surface area contributed by atoms with E-state index in [4.69, 9.17) is 18.8 Å². The number of hydrogen-bond acceptors (Lipinski definition) is 5. The van der Waals surface area contributed by atoms with Crippen molar-refractivity contribution in [2.45, 2.75) is 117 Å². The van der Waals surface area contributed by atoms with Crippen LogP contribution in [-0.2, 0) is 22.5 Å². The van der Waals surface area contributed by atoms with Crippen molar-refractivity contribution in [2.75, 3.05) is 13.2 Å². The Morgan fingerprint density at radius 2 is 0.867 bits per heavy atom. The molecule has 10 heteroatoms. The Kier molecular flexibility index (Phi) is 24.2. The molecule has 0 rings (SSSR count). The average Bonchev–Trinajstić information content (AvgIpc) is 2.64. The zero-order valence-corrected chi connectivity index (χ0v) is 20.3. The van der Waals surface area contributed by atoms with Crippen LogP contribution in [0.1, 0.15) is 117 Å². The molecule has 0 aromatic rings. The van der Waals surface area contributed by atoms with Crippen LogP contribution in [-0.4, -0.2) is 46.1 Å². The average molecular weight is 485 g/mol. The van der Waals surface area contributed by atoms with Crippen LogP contribution in [0.2, 0.25) is 0 Å². The number of rotatable bonds is 22. The largest absolute Gasteiger partial charge is 0.483 e. The van der Waals surface area contributed by atoms with E-state index in [0.29, 0.717) is 12.8 Å². The minimum absolute atomic E-state index is 0. The normalized spacial score (nSPS) is 12.1. The molecule has 0 aromatic carbocycles. The van der Waals surface area contributed by atoms with E-state index in [1.807, 2.05) is 0 Å². The van der Waals surface area contributed by atoms with Gasteiger partial charge in [-0.2, -0.15) is 4.31 Å². The second kappa shape index (κ2) is 21.9. The first-order chi connectivity index (χ1) is 13.8. The minimum Gasteiger partial charge on any atom is -0.302 e. The Bertz CT molecular complexity index is 434. The zero-order valence-electron chi connectivity index (χ0n) is 18.6. The van der Waals surface area contributed by atoms with Crippen LogP contribution in [0.15, 0.2) is 0 Å². The summed E-state index contributed by atoms with van der Waals surface area (Å²) in [5.74, 6) is 0. The highest BCUT2D eigenvalue weighted by Crippen LogP contribution is 2.61. The SMILES string of the molecule is CCCCCCCCCCOP(=O)(OCCCCCCCCCC)OP(=O)(O)O.[MgH2]. The van der Waals surface area contributed by atoms with Crippen LogP contribution in [0.3, 0.4) is 0 Å². The van der Waals surface area contributed by atoms with Gasteiger partial charge in [-0.1, -0.05) is 104 Å². The second-order valence-corrected chi connectivity index (χ2v) is 10.7. The summed E-state index contributed by atoms with van der Waals surface area (Å²) in [5.41, 5.74) is 0. The summed E-state index contributed by atoms with van der Waals surface area (Å²) in [5, 5.41) is 0. The van der Waals surface area contributed by atoms with E-state index in [0.717, 1.165) is 38.5 Å². The molecule has 2 N–H and O–H groups in total. The highest BCUT2D eigenvalue weighted by Gasteiger charge is 2.35. The molecular weight excluding hydrogens is 438 g/mol. The highest BCUT2D eigenvalue weighted by molar-refractivity contribution is 7.61. The van der Waals surface area contributed by atoms with Crippen molar-refractivity contribution < 1.29 is 32.3 Å². The molecule has 0 aliphatic carbocycles. The van der Waals surface area contributed by atoms with E-state index < -0.39 is 15.6 Å². The fraction of sp³-hybridized carbons (Fsp3) is 1.00. The molecule has 0 aromatic heterocycles. The van der Waals surface area contributed by atoms with Crippen LogP contribution in [0.4, 0.5) is 0 Å². The van der Waals surface area contributed by atoms with E-state index >= 15 is 0 Å². The molecule has 0 bridgehead atoms. The first-order valence-corrected chi connectivity index (χ1v) is 14.5. The predicted octanol–water partition coefficient (Wildman–Crippen LogP) is 6.60. The maximum Gasteiger partial charge on any atom is 0.483 e. The summed E-state index contributed by atoms with van der Waals surface area (Å²) in [6.45, 7) is 4.57. The molecule has 180 valence electrons. The maximum absolute atomic E-state index is 12.5. The van der Waals surface area contributed by atoms with E-state index in [2.05, 4.69) is 18.2 Å². The van der Waals surface area contributed by atoms with Gasteiger partial charge in [0.25, 0.3) is 0 Å². The molecule has 0 radical (unpaired) electrons. The van der Waals surface area contributed by atoms with Crippen molar-refractivity contribution in [1.82, 2.24) is 0 Å². The van der Waals surface area contributed by atoms with E-state index in [-0.39, 0.29) is 36.3 Å². The fourth-order valence-electron chi connectivity index (χ4n) is 3.04. The van der Waals surface area contributed by atoms with E-state index in [9.17, 15) is 9.13 Å². The third-order valence-electron chi connectivity index (χ3n) is 4.70. The Hall–Kier alpha value is 1.03. The summed E-state index contributed by atoms with van der Waals surface area (Å²) in [7, 11) is -9.20. The highest BCUT2D eigenvalue weighted by atomic mass is 31.3. The van der Waals surface area contributed by atoms with Crippen molar-refractivity contribution in [2.24, 2.45) is 0 Å². The quantitative estimate of drug-likeness (QED) is 0.101. The lowest BCUT2D eigenvalue weighted by Gasteiger charge is -2.18. The molecule has 7 nitrogen and oxygen atoms in total. The van der Waals surface area contributed by atoms with Crippen molar-refractivity contribution in [3.8, 4) is 0 Å². The van der Waals surface area contributed by atoms with Crippen molar-refractivity contribution in [3.05, 3.63) is 0 Å². The molecular formula is C20H46MgO7P2. The van der Waals surface area contributed by atoms with Crippen LogP contribution in [0.5, 0.6) is 0 Å². The van der Waals surface area contributed by atoms with E-state index in [1.165, 1.54) is 51.4 Å². The molecule has 0 fully saturated rings. The van der Waals surface area contributed by atoms with Gasteiger partial charge in [0.2, 0.25) is 0 Å². The molecule has 0 amide bonds. The predicted molar refractivity (Wildman–Crippen MR) is 126 cm³/mol. The zero-order chi connectivity index (χ0) is 21.8. The van der Waals surface area contributed by atoms with Crippen molar-refractivity contribution in [3.63, 3.8) is 0 Å². The number of phosphoric ester groups is 1. The molecule has 0 aliphatic heterocycles. The van der Waals surface area contributed by atoms with Gasteiger partial charge >= 0.3 is 38.7 Å². The molecule has 0 unspecified atom stereocenters. The Morgan fingerprint density at radius 1 is 0.567 bits per heavy atom. The number of hydrogen-bond donors (Lipinski definition) is 2. The molecule has 0 saturated heterocycles. The van der Waals surface area contributed by atoms with Gasteiger partial charge in [-0.15, -0.1) is 0 Å². The monoisotopic (exact) mass is 484 g/mol. The molecule has 0 spiro atoms. The smallest absolute Gasteiger partial charge is 0.302 e. The molecule has 0 saturated carbocycles. The van der Waals surface area contributed by atoms with Gasteiger partial charge in [0.05, 0.1) is 13.2 Å². The van der Waals surface area contributed by atoms with Gasteiger partial charge in [0.15, 0.2) is 0 Å². The van der Waals surface area contributed by atoms with Crippen molar-refractivity contribution >= 4 is 38.7 Å². The first-order valence-electron chi connectivity index (χ1n) is 11.5. The van der Waals surface area contributed by atoms with Gasteiger partial charge in [0, 0.05) is 0 Å². The Balaban J connectivity index is 0. The first kappa shape index (κ1) is 33.2. The topological polar surface area (TPSA) is 102 Å². The van der Waals surface area contributed by atoms with Crippen molar-refractivity contribution in [1.29, 1.82) is 0 Å². The summed E-state index contributed by atoms with van der Waals surface area (Å²) in [6.07, 6.45) is 17.5. The second-order valence-electron chi connectivity index (χ2n) is 7.64. The van der Waals surface area contributed by atoms with Gasteiger partial charge in [-0.25, -0.2) is 9.13 Å². The third-order valence-corrected chi connectivity index (χ3v) is 7.35. The van der Waals surface area contributed by atoms with Crippen LogP contribution in [0, 0.1) is 0 Å². The van der Waals surface area contributed by atoms with Crippen LogP contribution >= 0.6 is 15.6 Å². The fourth-order valence-corrected chi connectivity index (χ4v) is 5.24. The van der Waals surface area contributed by atoms with E-state index in [1.54, 1.807) is 0 Å². The molecule has 30 heavy (non-hydrogen) atoms. The van der Waals surface area contributed by atoms with Gasteiger partial charge < -0.3 is 9.79 Å². The Morgan fingerprint density at radius 3 is 1.17 bits per heavy atom. The lowest BCUT2D eigenvalue weighted by atomic mass is 10.1. The number of phosphoric acid groups is 2. The molecule has 0 aliphatic rings. The Labute approximate surface area is 200 Å². The van der Waals surface area contributed by atoms with Crippen LogP contribution in [0.25, 0.3) is 0 Å². The van der Waals surface area contributed by atoms with Gasteiger partial charge in [-0.05, 0) is 12.8 Å². The standard InChI is InChI=1S/C20H44O7P2.Mg.2H/c1-3-5-7-9-11-13-15-17-19-25-29(24,27-28(21,22)23)26-20-18-16-14-12-10-8-6-4-2;;;/h3-20H2,1-2H3,(H2,21,22,23);;;. The lowest BCUT2D eigenvalue weighted by Crippen LogP contribution is -2.02. The lowest BCUT2D eigenvalue weighted by molar-refractivity contribution is 0.136. The summed E-state index contributed by atoms with van der Waals surface area (Å²) >= 11 is 0. The maximum atomic E-state index is 12.5. The third kappa shape index (κ3) is 23.7. The molecule has 0 atom stereocenters. The van der Waals surface area contributed by atoms with Crippen LogP contribution < -0.4 is 0 Å². The van der Waals surface area contributed by atoms with Gasteiger partial charge in [0.1, 0.15) is 0 Å². The minimum atomic E-state index is -4.95. The summed E-state index contributed by atoms with van der Waals surface area (Å²) in [6, 6.07) is 0.